The summed E-state index contributed by atoms with van der Waals surface area (Å²) in [5.41, 5.74) is 1.19. The quantitative estimate of drug-likeness (QED) is 0.523. The van der Waals surface area contributed by atoms with Crippen LogP contribution in [0.2, 0.25) is 0 Å². The van der Waals surface area contributed by atoms with Gasteiger partial charge in [0.05, 0.1) is 25.1 Å². The summed E-state index contributed by atoms with van der Waals surface area (Å²) in [4.78, 5) is 27.0. The maximum Gasteiger partial charge on any atom is 0.343 e. The normalized spacial score (nSPS) is 16.2. The molecule has 0 saturated carbocycles. The molecule has 1 atom stereocenters. The monoisotopic (exact) mass is 350 g/mol. The Morgan fingerprint density at radius 3 is 2.40 bits per heavy atom. The van der Waals surface area contributed by atoms with Gasteiger partial charge in [-0.05, 0) is 29.7 Å². The summed E-state index contributed by atoms with van der Waals surface area (Å²) < 4.78 is 6.66. The average Bonchev–Trinajstić information content (AvgIpc) is 2.66. The van der Waals surface area contributed by atoms with E-state index in [0.29, 0.717) is 11.1 Å². The van der Waals surface area contributed by atoms with Crippen molar-refractivity contribution in [3.8, 4) is 0 Å². The van der Waals surface area contributed by atoms with Crippen molar-refractivity contribution in [2.75, 3.05) is 14.2 Å². The van der Waals surface area contributed by atoms with Crippen molar-refractivity contribution in [3.05, 3.63) is 71.8 Å². The Morgan fingerprint density at radius 1 is 0.960 bits per heavy atom. The van der Waals surface area contributed by atoms with E-state index < -0.39 is 17.1 Å². The van der Waals surface area contributed by atoms with Gasteiger partial charge in [-0.1, -0.05) is 36.4 Å². The Morgan fingerprint density at radius 2 is 1.64 bits per heavy atom. The fraction of sp³-hybridized carbons (Fsp3) is 0.100. The molecule has 1 aliphatic heterocycles. The summed E-state index contributed by atoms with van der Waals surface area (Å²) in [7, 11) is 3.16. The highest BCUT2D eigenvalue weighted by molar-refractivity contribution is 7.95. The Hall–Kier alpha value is -2.79. The maximum absolute atomic E-state index is 13.0. The second-order valence-corrected chi connectivity index (χ2v) is 7.73. The van der Waals surface area contributed by atoms with Crippen molar-refractivity contribution in [3.63, 3.8) is 0 Å². The van der Waals surface area contributed by atoms with Crippen LogP contribution in [0.3, 0.4) is 0 Å². The summed E-state index contributed by atoms with van der Waals surface area (Å²) in [6.45, 7) is 0. The molecule has 124 valence electrons. The molecule has 5 heteroatoms. The van der Waals surface area contributed by atoms with Crippen molar-refractivity contribution < 1.29 is 14.3 Å². The van der Waals surface area contributed by atoms with Gasteiger partial charge in [-0.2, -0.15) is 0 Å². The molecule has 0 fully saturated rings. The molecule has 0 bridgehead atoms. The number of carbonyl (C=O) groups is 2. The summed E-state index contributed by atoms with van der Waals surface area (Å²) in [5.74, 6) is -0.428. The number of esters is 1. The van der Waals surface area contributed by atoms with Crippen LogP contribution in [0.5, 0.6) is 0 Å². The average molecular weight is 350 g/mol. The number of benzene rings is 3. The van der Waals surface area contributed by atoms with Crippen LogP contribution in [-0.4, -0.2) is 30.3 Å². The highest BCUT2D eigenvalue weighted by Crippen LogP contribution is 2.39. The van der Waals surface area contributed by atoms with E-state index in [1.54, 1.807) is 23.5 Å². The molecular formula is C20H16NO3S+. The van der Waals surface area contributed by atoms with Gasteiger partial charge in [-0.3, -0.25) is 4.79 Å². The van der Waals surface area contributed by atoms with Gasteiger partial charge >= 0.3 is 5.97 Å². The predicted molar refractivity (Wildman–Crippen MR) is 97.7 cm³/mol. The second-order valence-electron chi connectivity index (χ2n) is 5.73. The molecule has 3 aromatic carbocycles. The third-order valence-electron chi connectivity index (χ3n) is 4.37. The Labute approximate surface area is 148 Å². The third kappa shape index (κ3) is 2.31. The number of hydrogen-bond acceptors (Lipinski definition) is 3. The van der Waals surface area contributed by atoms with E-state index in [4.69, 9.17) is 4.74 Å². The summed E-state index contributed by atoms with van der Waals surface area (Å²) in [6.07, 6.45) is 0. The molecule has 0 spiro atoms. The highest BCUT2D eigenvalue weighted by atomic mass is 32.2. The summed E-state index contributed by atoms with van der Waals surface area (Å²) >= 11 is -0.682. The summed E-state index contributed by atoms with van der Waals surface area (Å²) in [5, 5.41) is 2.00. The van der Waals surface area contributed by atoms with Gasteiger partial charge in [0.1, 0.15) is 5.56 Å². The summed E-state index contributed by atoms with van der Waals surface area (Å²) in [6, 6.07) is 19.1. The van der Waals surface area contributed by atoms with E-state index >= 15 is 0 Å². The Kier molecular flexibility index (Phi) is 3.73. The first kappa shape index (κ1) is 15.7. The molecule has 4 rings (SSSR count). The first-order chi connectivity index (χ1) is 12.1. The second kappa shape index (κ2) is 5.93. The topological polar surface area (TPSA) is 46.6 Å². The maximum atomic E-state index is 13.0. The zero-order valence-electron chi connectivity index (χ0n) is 13.9. The number of amides is 1. The zero-order chi connectivity index (χ0) is 17.6. The Bertz CT molecular complexity index is 1010. The lowest BCUT2D eigenvalue weighted by molar-refractivity contribution is 0.0596. The lowest BCUT2D eigenvalue weighted by Crippen LogP contribution is -2.37. The fourth-order valence-corrected chi connectivity index (χ4v) is 5.51. The minimum Gasteiger partial charge on any atom is -0.465 e. The van der Waals surface area contributed by atoms with E-state index in [9.17, 15) is 9.59 Å². The van der Waals surface area contributed by atoms with Gasteiger partial charge in [0.2, 0.25) is 4.90 Å². The van der Waals surface area contributed by atoms with Crippen molar-refractivity contribution in [2.24, 2.45) is 0 Å². The van der Waals surface area contributed by atoms with Crippen molar-refractivity contribution >= 4 is 33.7 Å². The minimum absolute atomic E-state index is 0.0349. The largest absolute Gasteiger partial charge is 0.465 e. The molecule has 0 saturated heterocycles. The van der Waals surface area contributed by atoms with E-state index in [1.807, 2.05) is 48.5 Å². The number of methoxy groups -OCH3 is 1. The van der Waals surface area contributed by atoms with Gasteiger partial charge in [-0.15, -0.1) is 4.31 Å². The van der Waals surface area contributed by atoms with Crippen molar-refractivity contribution in [2.45, 2.75) is 9.79 Å². The molecule has 0 aromatic heterocycles. The molecule has 1 amide bonds. The molecule has 1 unspecified atom stereocenters. The zero-order valence-corrected chi connectivity index (χ0v) is 14.7. The SMILES string of the molecule is COC(=O)c1ccccc1[S+]1c2cccc3cccc(c23)C(=O)N1C. The molecule has 0 N–H and O–H groups in total. The molecule has 1 aliphatic rings. The van der Waals surface area contributed by atoms with E-state index in [-0.39, 0.29) is 5.91 Å². The number of ether oxygens (including phenoxy) is 1. The minimum atomic E-state index is -0.682. The van der Waals surface area contributed by atoms with Gasteiger partial charge < -0.3 is 4.74 Å². The van der Waals surface area contributed by atoms with Crippen LogP contribution in [0.25, 0.3) is 10.8 Å². The highest BCUT2D eigenvalue weighted by Gasteiger charge is 2.44. The standard InChI is InChI=1S/C20H16NO3S/c1-21-19(22)15-10-5-7-13-8-6-12-17(18(13)15)25(21)16-11-4-3-9-14(16)20(23)24-2/h3-12H,1-2H3/q+1. The molecule has 0 radical (unpaired) electrons. The lowest BCUT2D eigenvalue weighted by atomic mass is 10.0. The third-order valence-corrected chi connectivity index (χ3v) is 6.61. The van der Waals surface area contributed by atoms with Gasteiger partial charge in [0, 0.05) is 0 Å². The van der Waals surface area contributed by atoms with Gasteiger partial charge in [0.25, 0.3) is 5.91 Å². The van der Waals surface area contributed by atoms with Gasteiger partial charge in [0.15, 0.2) is 16.0 Å². The van der Waals surface area contributed by atoms with Crippen LogP contribution in [0, 0.1) is 0 Å². The van der Waals surface area contributed by atoms with Crippen LogP contribution in [0.1, 0.15) is 20.7 Å². The smallest absolute Gasteiger partial charge is 0.343 e. The first-order valence-corrected chi connectivity index (χ1v) is 9.03. The van der Waals surface area contributed by atoms with Crippen molar-refractivity contribution in [1.82, 2.24) is 4.31 Å². The number of hydrogen-bond donors (Lipinski definition) is 0. The van der Waals surface area contributed by atoms with E-state index in [1.165, 1.54) is 7.11 Å². The van der Waals surface area contributed by atoms with Crippen LogP contribution >= 0.6 is 0 Å². The van der Waals surface area contributed by atoms with Crippen LogP contribution in [-0.2, 0) is 15.8 Å². The van der Waals surface area contributed by atoms with Crippen molar-refractivity contribution in [1.29, 1.82) is 0 Å². The number of rotatable bonds is 2. The molecule has 3 aromatic rings. The number of carbonyl (C=O) groups excluding carboxylic acids is 2. The Balaban J connectivity index is 2.03. The lowest BCUT2D eigenvalue weighted by Gasteiger charge is -2.24. The number of nitrogens with zero attached hydrogens (tertiary/aromatic N) is 1. The molecular weight excluding hydrogens is 334 g/mol. The van der Waals surface area contributed by atoms with Gasteiger partial charge in [-0.25, -0.2) is 4.79 Å². The van der Waals surface area contributed by atoms with E-state index in [2.05, 4.69) is 0 Å². The van der Waals surface area contributed by atoms with Crippen LogP contribution in [0.15, 0.2) is 70.5 Å². The van der Waals surface area contributed by atoms with Crippen LogP contribution in [0.4, 0.5) is 0 Å². The van der Waals surface area contributed by atoms with Crippen LogP contribution < -0.4 is 0 Å². The molecule has 25 heavy (non-hydrogen) atoms. The predicted octanol–water partition coefficient (Wildman–Crippen LogP) is 3.66. The van der Waals surface area contributed by atoms with E-state index in [0.717, 1.165) is 20.6 Å². The fourth-order valence-electron chi connectivity index (χ4n) is 3.23. The molecule has 1 heterocycles. The molecule has 4 nitrogen and oxygen atoms in total. The first-order valence-electron chi connectivity index (χ1n) is 7.85. The molecule has 0 aliphatic carbocycles.